The molecule has 0 aliphatic carbocycles. The topological polar surface area (TPSA) is 38.8 Å². The summed E-state index contributed by atoms with van der Waals surface area (Å²) in [5.74, 6) is 0.395. The van der Waals surface area contributed by atoms with E-state index in [1.807, 2.05) is 25.7 Å². The zero-order valence-corrected chi connectivity index (χ0v) is 21.1. The standard InChI is InChI=1S/C24H41NO3Si/c1-17(2)19-13-11-12-14-20(19)21-15-18(28-29(9,10)24(6,7)8)16-25(21)22(26)27-23(3,4)5/h11-14,17-18,21H,15-16H2,1-10H3/t18-,21-/m1/s1. The maximum Gasteiger partial charge on any atom is 0.410 e. The lowest BCUT2D eigenvalue weighted by molar-refractivity contribution is 0.0208. The van der Waals surface area contributed by atoms with Gasteiger partial charge in [-0.3, -0.25) is 4.90 Å². The molecule has 0 saturated carbocycles. The van der Waals surface area contributed by atoms with Crippen molar-refractivity contribution in [2.75, 3.05) is 6.54 Å². The number of ether oxygens (including phenoxy) is 1. The van der Waals surface area contributed by atoms with Gasteiger partial charge in [0.15, 0.2) is 8.32 Å². The molecule has 1 aliphatic rings. The summed E-state index contributed by atoms with van der Waals surface area (Å²) in [6, 6.07) is 8.46. The molecule has 2 rings (SSSR count). The fourth-order valence-electron chi connectivity index (χ4n) is 3.63. The zero-order valence-electron chi connectivity index (χ0n) is 20.1. The Morgan fingerprint density at radius 1 is 1.10 bits per heavy atom. The summed E-state index contributed by atoms with van der Waals surface area (Å²) in [5.41, 5.74) is 1.99. The third-order valence-corrected chi connectivity index (χ3v) is 10.7. The van der Waals surface area contributed by atoms with Gasteiger partial charge < -0.3 is 9.16 Å². The SMILES string of the molecule is CC(C)c1ccccc1[C@H]1C[C@@H](O[Si](C)(C)C(C)(C)C)CN1C(=O)OC(C)(C)C. The van der Waals surface area contributed by atoms with Crippen LogP contribution in [0.4, 0.5) is 4.79 Å². The molecule has 0 spiro atoms. The second-order valence-electron chi connectivity index (χ2n) is 11.2. The number of carbonyl (C=O) groups excluding carboxylic acids is 1. The molecule has 0 radical (unpaired) electrons. The van der Waals surface area contributed by atoms with E-state index in [0.29, 0.717) is 12.5 Å². The minimum atomic E-state index is -1.93. The van der Waals surface area contributed by atoms with Gasteiger partial charge in [-0.1, -0.05) is 58.9 Å². The summed E-state index contributed by atoms with van der Waals surface area (Å²) < 4.78 is 12.5. The van der Waals surface area contributed by atoms with Gasteiger partial charge in [-0.05, 0) is 62.4 Å². The first-order valence-electron chi connectivity index (χ1n) is 10.9. The molecular weight excluding hydrogens is 378 g/mol. The number of nitrogens with zero attached hydrogens (tertiary/aromatic N) is 1. The van der Waals surface area contributed by atoms with Crippen molar-refractivity contribution in [2.24, 2.45) is 0 Å². The first-order chi connectivity index (χ1) is 13.1. The van der Waals surface area contributed by atoms with Crippen molar-refractivity contribution in [3.8, 4) is 0 Å². The maximum atomic E-state index is 13.1. The first-order valence-corrected chi connectivity index (χ1v) is 13.8. The van der Waals surface area contributed by atoms with Gasteiger partial charge in [0.05, 0.1) is 12.1 Å². The van der Waals surface area contributed by atoms with Crippen LogP contribution in [0.25, 0.3) is 0 Å². The molecule has 0 N–H and O–H groups in total. The van der Waals surface area contributed by atoms with E-state index in [2.05, 4.69) is 72.0 Å². The molecule has 1 saturated heterocycles. The van der Waals surface area contributed by atoms with Gasteiger partial charge in [-0.2, -0.15) is 0 Å². The van der Waals surface area contributed by atoms with Crippen LogP contribution in [-0.4, -0.2) is 37.6 Å². The number of hydrogen-bond acceptors (Lipinski definition) is 3. The molecule has 0 bridgehead atoms. The van der Waals surface area contributed by atoms with E-state index in [1.165, 1.54) is 11.1 Å². The summed E-state index contributed by atoms with van der Waals surface area (Å²) in [7, 11) is -1.93. The molecule has 1 aromatic carbocycles. The van der Waals surface area contributed by atoms with E-state index in [-0.39, 0.29) is 23.3 Å². The van der Waals surface area contributed by atoms with Crippen LogP contribution < -0.4 is 0 Å². The predicted molar refractivity (Wildman–Crippen MR) is 123 cm³/mol. The Balaban J connectivity index is 2.37. The molecule has 1 fully saturated rings. The van der Waals surface area contributed by atoms with Crippen LogP contribution in [-0.2, 0) is 9.16 Å². The lowest BCUT2D eigenvalue weighted by atomic mass is 9.91. The van der Waals surface area contributed by atoms with E-state index in [0.717, 1.165) is 6.42 Å². The van der Waals surface area contributed by atoms with Crippen LogP contribution in [0.1, 0.15) is 84.9 Å². The van der Waals surface area contributed by atoms with Crippen molar-refractivity contribution < 1.29 is 14.0 Å². The van der Waals surface area contributed by atoms with E-state index < -0.39 is 13.9 Å². The third kappa shape index (κ3) is 5.85. The Bertz CT molecular complexity index is 716. The summed E-state index contributed by atoms with van der Waals surface area (Å²) in [6.07, 6.45) is 0.603. The van der Waals surface area contributed by atoms with Crippen LogP contribution >= 0.6 is 0 Å². The molecule has 1 heterocycles. The third-order valence-electron chi connectivity index (χ3n) is 6.14. The van der Waals surface area contributed by atoms with Crippen LogP contribution in [0.5, 0.6) is 0 Å². The summed E-state index contributed by atoms with van der Waals surface area (Å²) >= 11 is 0. The number of amides is 1. The highest BCUT2D eigenvalue weighted by Gasteiger charge is 2.45. The van der Waals surface area contributed by atoms with Gasteiger partial charge in [-0.15, -0.1) is 0 Å². The fraction of sp³-hybridized carbons (Fsp3) is 0.708. The number of likely N-dealkylation sites (tertiary alicyclic amines) is 1. The number of rotatable bonds is 4. The highest BCUT2D eigenvalue weighted by Crippen LogP contribution is 2.42. The highest BCUT2D eigenvalue weighted by molar-refractivity contribution is 6.74. The molecule has 1 aromatic rings. The highest BCUT2D eigenvalue weighted by atomic mass is 28.4. The van der Waals surface area contributed by atoms with Crippen LogP contribution in [0.2, 0.25) is 18.1 Å². The molecule has 1 amide bonds. The summed E-state index contributed by atoms with van der Waals surface area (Å²) in [5, 5.41) is 0.137. The van der Waals surface area contributed by atoms with Gasteiger partial charge in [0, 0.05) is 6.54 Å². The molecular formula is C24H41NO3Si. The first kappa shape index (κ1) is 23.9. The van der Waals surface area contributed by atoms with Crippen molar-refractivity contribution in [3.63, 3.8) is 0 Å². The van der Waals surface area contributed by atoms with Gasteiger partial charge in [-0.25, -0.2) is 4.79 Å². The molecule has 0 unspecified atom stereocenters. The Hall–Kier alpha value is -1.33. The minimum Gasteiger partial charge on any atom is -0.444 e. The van der Waals surface area contributed by atoms with Crippen molar-refractivity contribution in [1.29, 1.82) is 0 Å². The van der Waals surface area contributed by atoms with Crippen molar-refractivity contribution in [1.82, 2.24) is 4.90 Å². The Labute approximate surface area is 179 Å². The lowest BCUT2D eigenvalue weighted by Crippen LogP contribution is -2.45. The summed E-state index contributed by atoms with van der Waals surface area (Å²) in [6.45, 7) is 22.1. The minimum absolute atomic E-state index is 0.0155. The van der Waals surface area contributed by atoms with E-state index >= 15 is 0 Å². The Morgan fingerprint density at radius 3 is 2.21 bits per heavy atom. The monoisotopic (exact) mass is 419 g/mol. The average molecular weight is 420 g/mol. The van der Waals surface area contributed by atoms with Gasteiger partial charge in [0.25, 0.3) is 0 Å². The van der Waals surface area contributed by atoms with E-state index in [9.17, 15) is 4.79 Å². The molecule has 2 atom stereocenters. The van der Waals surface area contributed by atoms with E-state index in [1.54, 1.807) is 0 Å². The lowest BCUT2D eigenvalue weighted by Gasteiger charge is -2.38. The van der Waals surface area contributed by atoms with Crippen molar-refractivity contribution in [3.05, 3.63) is 35.4 Å². The predicted octanol–water partition coefficient (Wildman–Crippen LogP) is 6.88. The zero-order chi connectivity index (χ0) is 22.2. The van der Waals surface area contributed by atoms with Gasteiger partial charge in [0.1, 0.15) is 5.60 Å². The quantitative estimate of drug-likeness (QED) is 0.499. The molecule has 5 heteroatoms. The van der Waals surface area contributed by atoms with Crippen molar-refractivity contribution >= 4 is 14.4 Å². The number of benzene rings is 1. The second-order valence-corrected chi connectivity index (χ2v) is 15.9. The molecule has 29 heavy (non-hydrogen) atoms. The second kappa shape index (κ2) is 8.42. The largest absolute Gasteiger partial charge is 0.444 e. The smallest absolute Gasteiger partial charge is 0.410 e. The van der Waals surface area contributed by atoms with Crippen molar-refractivity contribution in [2.45, 2.75) is 104 Å². The molecule has 4 nitrogen and oxygen atoms in total. The van der Waals surface area contributed by atoms with E-state index in [4.69, 9.17) is 9.16 Å². The average Bonchev–Trinajstić information content (AvgIpc) is 2.95. The molecule has 0 aromatic heterocycles. The number of carbonyl (C=O) groups is 1. The fourth-order valence-corrected chi connectivity index (χ4v) is 4.99. The molecule has 1 aliphatic heterocycles. The number of hydrogen-bond donors (Lipinski definition) is 0. The molecule has 164 valence electrons. The van der Waals surface area contributed by atoms with Crippen LogP contribution in [0.3, 0.4) is 0 Å². The van der Waals surface area contributed by atoms with Gasteiger partial charge in [0.2, 0.25) is 0 Å². The maximum absolute atomic E-state index is 13.1. The Kier molecular flexibility index (Phi) is 6.95. The summed E-state index contributed by atoms with van der Waals surface area (Å²) in [4.78, 5) is 15.0. The van der Waals surface area contributed by atoms with Gasteiger partial charge >= 0.3 is 6.09 Å². The van der Waals surface area contributed by atoms with Crippen LogP contribution in [0.15, 0.2) is 24.3 Å². The Morgan fingerprint density at radius 2 is 1.69 bits per heavy atom. The van der Waals surface area contributed by atoms with Crippen LogP contribution in [0, 0.1) is 0 Å². The normalized spacial score (nSPS) is 21.0.